The van der Waals surface area contributed by atoms with Crippen molar-refractivity contribution in [3.8, 4) is 11.3 Å². The monoisotopic (exact) mass is 383 g/mol. The molecule has 0 fully saturated rings. The van der Waals surface area contributed by atoms with Gasteiger partial charge >= 0.3 is 6.09 Å². The normalized spacial score (nSPS) is 12.8. The third kappa shape index (κ3) is 4.30. The minimum Gasteiger partial charge on any atom is -0.444 e. The molecule has 2 rings (SSSR count). The molecule has 142 valence electrons. The van der Waals surface area contributed by atoms with Crippen LogP contribution < -0.4 is 0 Å². The highest BCUT2D eigenvalue weighted by Gasteiger charge is 2.30. The Morgan fingerprint density at radius 3 is 2.65 bits per heavy atom. The van der Waals surface area contributed by atoms with Gasteiger partial charge in [-0.15, -0.1) is 0 Å². The minimum atomic E-state index is -0.677. The summed E-state index contributed by atoms with van der Waals surface area (Å²) in [4.78, 5) is 19.1. The zero-order chi connectivity index (χ0) is 19.6. The van der Waals surface area contributed by atoms with E-state index < -0.39 is 23.6 Å². The lowest BCUT2D eigenvalue weighted by Gasteiger charge is -2.30. The van der Waals surface area contributed by atoms with Gasteiger partial charge in [0.2, 0.25) is 0 Å². The zero-order valence-corrected chi connectivity index (χ0v) is 16.5. The number of nitrogens with zero attached hydrogens (tertiary/aromatic N) is 5. The van der Waals surface area contributed by atoms with Gasteiger partial charge in [-0.3, -0.25) is 4.90 Å². The van der Waals surface area contributed by atoms with Gasteiger partial charge in [0.15, 0.2) is 11.0 Å². The molecular weight excluding hydrogens is 361 g/mol. The van der Waals surface area contributed by atoms with Crippen LogP contribution in [0, 0.1) is 5.82 Å². The molecule has 0 spiro atoms. The van der Waals surface area contributed by atoms with Gasteiger partial charge in [0.25, 0.3) is 0 Å². The zero-order valence-electron chi connectivity index (χ0n) is 15.7. The average Bonchev–Trinajstić information content (AvgIpc) is 2.90. The lowest BCUT2D eigenvalue weighted by Crippen LogP contribution is -2.38. The maximum atomic E-state index is 14.4. The SMILES string of the molecule is CCN(C(=O)OC(C)(C)C)C(C)c1nn(C)nc1-c1ccnc(Cl)c1F. The number of aromatic nitrogens is 4. The third-order valence-electron chi connectivity index (χ3n) is 3.67. The molecule has 2 aromatic heterocycles. The minimum absolute atomic E-state index is 0.181. The molecule has 26 heavy (non-hydrogen) atoms. The van der Waals surface area contributed by atoms with E-state index in [1.165, 1.54) is 22.0 Å². The molecule has 1 unspecified atom stereocenters. The van der Waals surface area contributed by atoms with Crippen molar-refractivity contribution < 1.29 is 13.9 Å². The van der Waals surface area contributed by atoms with Crippen LogP contribution in [0.5, 0.6) is 0 Å². The van der Waals surface area contributed by atoms with Crippen LogP contribution in [0.3, 0.4) is 0 Å². The standard InChI is InChI=1S/C17H23ClFN5O2/c1-7-24(16(25)26-17(3,4)5)10(2)13-14(22-23(6)21-13)11-8-9-20-15(18)12(11)19/h8-10H,7H2,1-6H3. The molecule has 0 radical (unpaired) electrons. The summed E-state index contributed by atoms with van der Waals surface area (Å²) in [7, 11) is 1.63. The Bertz CT molecular complexity index is 803. The van der Waals surface area contributed by atoms with Crippen LogP contribution in [0.15, 0.2) is 12.3 Å². The molecule has 0 aromatic carbocycles. The summed E-state index contributed by atoms with van der Waals surface area (Å²) in [6.07, 6.45) is 0.923. The lowest BCUT2D eigenvalue weighted by atomic mass is 10.1. The van der Waals surface area contributed by atoms with Gasteiger partial charge in [-0.2, -0.15) is 15.0 Å². The predicted molar refractivity (Wildman–Crippen MR) is 96.2 cm³/mol. The van der Waals surface area contributed by atoms with E-state index in [1.54, 1.807) is 34.7 Å². The Morgan fingerprint density at radius 1 is 1.42 bits per heavy atom. The number of ether oxygens (including phenoxy) is 1. The highest BCUT2D eigenvalue weighted by molar-refractivity contribution is 6.29. The molecule has 0 bridgehead atoms. The van der Waals surface area contributed by atoms with E-state index in [0.29, 0.717) is 17.9 Å². The Labute approximate surface area is 157 Å². The first-order valence-corrected chi connectivity index (χ1v) is 8.64. The number of aryl methyl sites for hydroxylation is 1. The van der Waals surface area contributed by atoms with Crippen LogP contribution in [-0.4, -0.2) is 43.1 Å². The Hall–Kier alpha value is -2.22. The predicted octanol–water partition coefficient (Wildman–Crippen LogP) is 3.99. The van der Waals surface area contributed by atoms with Gasteiger partial charge in [0.05, 0.1) is 6.04 Å². The molecule has 9 heteroatoms. The molecule has 7 nitrogen and oxygen atoms in total. The van der Waals surface area contributed by atoms with E-state index in [2.05, 4.69) is 15.2 Å². The third-order valence-corrected chi connectivity index (χ3v) is 3.94. The number of hydrogen-bond acceptors (Lipinski definition) is 5. The van der Waals surface area contributed by atoms with Gasteiger partial charge in [-0.1, -0.05) is 11.6 Å². The van der Waals surface area contributed by atoms with Crippen molar-refractivity contribution in [1.29, 1.82) is 0 Å². The fraction of sp³-hybridized carbons (Fsp3) is 0.529. The maximum Gasteiger partial charge on any atom is 0.410 e. The molecule has 0 aliphatic carbocycles. The van der Waals surface area contributed by atoms with Crippen molar-refractivity contribution >= 4 is 17.7 Å². The summed E-state index contributed by atoms with van der Waals surface area (Å²) in [5, 5.41) is 8.34. The van der Waals surface area contributed by atoms with Crippen LogP contribution in [0.2, 0.25) is 5.15 Å². The van der Waals surface area contributed by atoms with Gasteiger partial charge in [-0.25, -0.2) is 14.2 Å². The van der Waals surface area contributed by atoms with Gasteiger partial charge < -0.3 is 4.74 Å². The topological polar surface area (TPSA) is 73.1 Å². The molecule has 0 saturated carbocycles. The van der Waals surface area contributed by atoms with E-state index in [9.17, 15) is 9.18 Å². The smallest absolute Gasteiger partial charge is 0.410 e. The first kappa shape index (κ1) is 20.1. The lowest BCUT2D eigenvalue weighted by molar-refractivity contribution is 0.0182. The average molecular weight is 384 g/mol. The fourth-order valence-electron chi connectivity index (χ4n) is 2.53. The maximum absolute atomic E-state index is 14.4. The van der Waals surface area contributed by atoms with Crippen LogP contribution in [-0.2, 0) is 11.8 Å². The van der Waals surface area contributed by atoms with Crippen LogP contribution in [0.25, 0.3) is 11.3 Å². The Balaban J connectivity index is 2.45. The second kappa shape index (κ2) is 7.57. The molecule has 2 heterocycles. The number of carbonyl (C=O) groups is 1. The summed E-state index contributed by atoms with van der Waals surface area (Å²) in [6.45, 7) is 9.41. The van der Waals surface area contributed by atoms with Crippen molar-refractivity contribution in [2.45, 2.75) is 46.3 Å². The summed E-state index contributed by atoms with van der Waals surface area (Å²) in [5.74, 6) is -0.677. The number of rotatable bonds is 4. The highest BCUT2D eigenvalue weighted by Crippen LogP contribution is 2.32. The number of hydrogen-bond donors (Lipinski definition) is 0. The van der Waals surface area contributed by atoms with Crippen molar-refractivity contribution in [1.82, 2.24) is 24.9 Å². The van der Waals surface area contributed by atoms with Crippen molar-refractivity contribution in [2.75, 3.05) is 6.54 Å². The first-order valence-electron chi connectivity index (χ1n) is 8.26. The molecule has 0 aliphatic rings. The van der Waals surface area contributed by atoms with Gasteiger partial charge in [0.1, 0.15) is 17.0 Å². The summed E-state index contributed by atoms with van der Waals surface area (Å²) in [5.41, 5.74) is 0.311. The van der Waals surface area contributed by atoms with Gasteiger partial charge in [0, 0.05) is 25.4 Å². The van der Waals surface area contributed by atoms with E-state index in [4.69, 9.17) is 16.3 Å². The van der Waals surface area contributed by atoms with Crippen LogP contribution >= 0.6 is 11.6 Å². The highest BCUT2D eigenvalue weighted by atomic mass is 35.5. The van der Waals surface area contributed by atoms with E-state index in [0.717, 1.165) is 0 Å². The second-order valence-electron chi connectivity index (χ2n) is 6.83. The van der Waals surface area contributed by atoms with E-state index in [1.807, 2.05) is 6.92 Å². The second-order valence-corrected chi connectivity index (χ2v) is 7.19. The number of amides is 1. The largest absolute Gasteiger partial charge is 0.444 e. The molecule has 0 saturated heterocycles. The Morgan fingerprint density at radius 2 is 2.08 bits per heavy atom. The van der Waals surface area contributed by atoms with E-state index >= 15 is 0 Å². The first-order chi connectivity index (χ1) is 12.0. The number of halogens is 2. The molecular formula is C17H23ClFN5O2. The summed E-state index contributed by atoms with van der Waals surface area (Å²) in [6, 6.07) is 0.996. The molecule has 1 atom stereocenters. The summed E-state index contributed by atoms with van der Waals surface area (Å²) >= 11 is 5.79. The molecule has 2 aromatic rings. The summed E-state index contributed by atoms with van der Waals surface area (Å²) < 4.78 is 19.9. The van der Waals surface area contributed by atoms with Crippen LogP contribution in [0.1, 0.15) is 46.4 Å². The quantitative estimate of drug-likeness (QED) is 0.746. The van der Waals surface area contributed by atoms with Gasteiger partial charge in [-0.05, 0) is 40.7 Å². The van der Waals surface area contributed by atoms with Crippen LogP contribution in [0.4, 0.5) is 9.18 Å². The molecule has 0 N–H and O–H groups in total. The number of pyridine rings is 1. The van der Waals surface area contributed by atoms with Crippen molar-refractivity contribution in [3.05, 3.63) is 28.9 Å². The van der Waals surface area contributed by atoms with E-state index in [-0.39, 0.29) is 10.7 Å². The molecule has 0 aliphatic heterocycles. The Kier molecular flexibility index (Phi) is 5.85. The fourth-order valence-corrected chi connectivity index (χ4v) is 2.68. The number of carbonyl (C=O) groups excluding carboxylic acids is 1. The van der Waals surface area contributed by atoms with Crippen molar-refractivity contribution in [2.24, 2.45) is 7.05 Å². The molecule has 1 amide bonds. The van der Waals surface area contributed by atoms with Crippen molar-refractivity contribution in [3.63, 3.8) is 0 Å².